The molecule has 0 N–H and O–H groups in total. The van der Waals surface area contributed by atoms with Crippen molar-refractivity contribution in [1.29, 1.82) is 0 Å². The summed E-state index contributed by atoms with van der Waals surface area (Å²) in [6.45, 7) is 2.78. The lowest BCUT2D eigenvalue weighted by atomic mass is 10.2. The largest absolute Gasteiger partial charge is 0.466 e. The fraction of sp³-hybridized carbons (Fsp3) is 0.364. The van der Waals surface area contributed by atoms with Crippen molar-refractivity contribution in [3.8, 4) is 11.5 Å². The van der Waals surface area contributed by atoms with Crippen molar-refractivity contribution < 1.29 is 19.1 Å². The van der Waals surface area contributed by atoms with E-state index in [1.54, 1.807) is 18.7 Å². The second kappa shape index (κ2) is 10.2. The van der Waals surface area contributed by atoms with Crippen LogP contribution in [-0.4, -0.2) is 34.5 Å². The molecule has 5 nitrogen and oxygen atoms in total. The lowest BCUT2D eigenvalue weighted by Gasteiger charge is -2.24. The van der Waals surface area contributed by atoms with Gasteiger partial charge in [-0.15, -0.1) is 11.8 Å². The van der Waals surface area contributed by atoms with Gasteiger partial charge >= 0.3 is 5.97 Å². The lowest BCUT2D eigenvalue weighted by Crippen LogP contribution is -2.30. The molecule has 3 rings (SSSR count). The van der Waals surface area contributed by atoms with Gasteiger partial charge in [-0.3, -0.25) is 9.59 Å². The van der Waals surface area contributed by atoms with E-state index in [1.165, 1.54) is 0 Å². The van der Waals surface area contributed by atoms with Crippen molar-refractivity contribution in [3.05, 3.63) is 60.2 Å². The molecule has 6 heteroatoms. The van der Waals surface area contributed by atoms with Crippen LogP contribution in [0.15, 0.2) is 54.6 Å². The number of thioether (sulfide) groups is 1. The summed E-state index contributed by atoms with van der Waals surface area (Å²) in [5, 5.41) is 0.113. The van der Waals surface area contributed by atoms with Crippen molar-refractivity contribution in [2.45, 2.75) is 38.1 Å². The van der Waals surface area contributed by atoms with Crippen LogP contribution in [0, 0.1) is 0 Å². The van der Waals surface area contributed by atoms with Gasteiger partial charge in [-0.25, -0.2) is 0 Å². The highest BCUT2D eigenvalue weighted by atomic mass is 32.2. The number of benzene rings is 2. The van der Waals surface area contributed by atoms with E-state index in [-0.39, 0.29) is 17.3 Å². The van der Waals surface area contributed by atoms with E-state index in [0.717, 1.165) is 23.5 Å². The number of esters is 1. The van der Waals surface area contributed by atoms with Gasteiger partial charge in [-0.05, 0) is 43.2 Å². The van der Waals surface area contributed by atoms with E-state index in [1.807, 2.05) is 59.5 Å². The van der Waals surface area contributed by atoms with Crippen LogP contribution in [-0.2, 0) is 20.9 Å². The molecular weight excluding hydrogens is 374 g/mol. The molecule has 148 valence electrons. The summed E-state index contributed by atoms with van der Waals surface area (Å²) in [7, 11) is 0. The summed E-state index contributed by atoms with van der Waals surface area (Å²) >= 11 is 1.65. The zero-order valence-electron chi connectivity index (χ0n) is 16.0. The smallest absolute Gasteiger partial charge is 0.306 e. The van der Waals surface area contributed by atoms with E-state index in [4.69, 9.17) is 9.47 Å². The van der Waals surface area contributed by atoms with Gasteiger partial charge in [0.25, 0.3) is 0 Å². The Hall–Kier alpha value is -2.47. The van der Waals surface area contributed by atoms with Crippen LogP contribution in [0.1, 0.15) is 31.7 Å². The van der Waals surface area contributed by atoms with E-state index >= 15 is 0 Å². The van der Waals surface area contributed by atoms with E-state index < -0.39 is 0 Å². The Labute approximate surface area is 170 Å². The van der Waals surface area contributed by atoms with Crippen LogP contribution in [0.2, 0.25) is 0 Å². The molecule has 1 aliphatic heterocycles. The monoisotopic (exact) mass is 399 g/mol. The summed E-state index contributed by atoms with van der Waals surface area (Å²) in [6, 6.07) is 17.5. The van der Waals surface area contributed by atoms with E-state index in [9.17, 15) is 9.59 Å². The topological polar surface area (TPSA) is 55.8 Å². The van der Waals surface area contributed by atoms with Crippen LogP contribution >= 0.6 is 11.8 Å². The molecule has 0 radical (unpaired) electrons. The fourth-order valence-electron chi connectivity index (χ4n) is 3.07. The van der Waals surface area contributed by atoms with Crippen molar-refractivity contribution in [3.63, 3.8) is 0 Å². The Morgan fingerprint density at radius 3 is 2.54 bits per heavy atom. The Bertz CT molecular complexity index is 779. The summed E-state index contributed by atoms with van der Waals surface area (Å²) < 4.78 is 10.8. The molecule has 0 aliphatic carbocycles. The summed E-state index contributed by atoms with van der Waals surface area (Å²) in [5.41, 5.74) is 1.06. The molecule has 1 unspecified atom stereocenters. The molecule has 0 saturated carbocycles. The zero-order chi connectivity index (χ0) is 19.8. The molecule has 2 aromatic rings. The molecule has 1 saturated heterocycles. The molecule has 1 amide bonds. The molecule has 2 aromatic carbocycles. The molecule has 0 bridgehead atoms. The Morgan fingerprint density at radius 1 is 1.11 bits per heavy atom. The molecule has 0 aromatic heterocycles. The number of ether oxygens (including phenoxy) is 2. The summed E-state index contributed by atoms with van der Waals surface area (Å²) in [6.07, 6.45) is 1.76. The maximum absolute atomic E-state index is 12.3. The number of nitrogens with zero attached hydrogens (tertiary/aromatic N) is 1. The maximum atomic E-state index is 12.3. The van der Waals surface area contributed by atoms with E-state index in [0.29, 0.717) is 31.7 Å². The number of rotatable bonds is 9. The fourth-order valence-corrected chi connectivity index (χ4v) is 4.28. The predicted octanol–water partition coefficient (Wildman–Crippen LogP) is 4.61. The molecule has 1 heterocycles. The standard InChI is InChI=1S/C22H25NO4S/c1-2-26-22(25)14-15-28-21-13-12-20(24)23(21)16-17-8-10-19(11-9-17)27-18-6-4-3-5-7-18/h3-11,21H,2,12-16H2,1H3. The number of hydrogen-bond acceptors (Lipinski definition) is 5. The average molecular weight is 400 g/mol. The first-order valence-electron chi connectivity index (χ1n) is 9.54. The van der Waals surface area contributed by atoms with Crippen molar-refractivity contribution in [1.82, 2.24) is 4.90 Å². The molecule has 0 spiro atoms. The highest BCUT2D eigenvalue weighted by Crippen LogP contribution is 2.31. The summed E-state index contributed by atoms with van der Waals surface area (Å²) in [4.78, 5) is 25.7. The van der Waals surface area contributed by atoms with Gasteiger partial charge in [-0.1, -0.05) is 30.3 Å². The third-order valence-corrected chi connectivity index (χ3v) is 5.76. The van der Waals surface area contributed by atoms with Gasteiger partial charge < -0.3 is 14.4 Å². The molecule has 1 atom stereocenters. The van der Waals surface area contributed by atoms with Gasteiger partial charge in [0.1, 0.15) is 11.5 Å². The van der Waals surface area contributed by atoms with Gasteiger partial charge in [0, 0.05) is 18.7 Å². The number of para-hydroxylation sites is 1. The number of carbonyl (C=O) groups is 2. The van der Waals surface area contributed by atoms with Gasteiger partial charge in [0.15, 0.2) is 0 Å². The molecule has 1 aliphatic rings. The van der Waals surface area contributed by atoms with Crippen LogP contribution in [0.5, 0.6) is 11.5 Å². The minimum absolute atomic E-state index is 0.113. The Balaban J connectivity index is 1.53. The average Bonchev–Trinajstić information content (AvgIpc) is 3.04. The maximum Gasteiger partial charge on any atom is 0.306 e. The zero-order valence-corrected chi connectivity index (χ0v) is 16.8. The second-order valence-corrected chi connectivity index (χ2v) is 7.79. The third-order valence-electron chi connectivity index (χ3n) is 4.45. The number of likely N-dealkylation sites (tertiary alicyclic amines) is 1. The van der Waals surface area contributed by atoms with Gasteiger partial charge in [0.2, 0.25) is 5.91 Å². The van der Waals surface area contributed by atoms with E-state index in [2.05, 4.69) is 0 Å². The van der Waals surface area contributed by atoms with Crippen LogP contribution < -0.4 is 4.74 Å². The predicted molar refractivity (Wildman–Crippen MR) is 110 cm³/mol. The highest BCUT2D eigenvalue weighted by molar-refractivity contribution is 7.99. The first-order chi connectivity index (χ1) is 13.7. The van der Waals surface area contributed by atoms with Crippen molar-refractivity contribution in [2.24, 2.45) is 0 Å². The lowest BCUT2D eigenvalue weighted by molar-refractivity contribution is -0.142. The first-order valence-corrected chi connectivity index (χ1v) is 10.6. The second-order valence-electron chi connectivity index (χ2n) is 6.50. The number of amides is 1. The van der Waals surface area contributed by atoms with Crippen LogP contribution in [0.25, 0.3) is 0 Å². The summed E-state index contributed by atoms with van der Waals surface area (Å²) in [5.74, 6) is 2.21. The normalized spacial score (nSPS) is 16.2. The van der Waals surface area contributed by atoms with Gasteiger partial charge in [0.05, 0.1) is 18.4 Å². The molecular formula is C22H25NO4S. The minimum atomic E-state index is -0.181. The highest BCUT2D eigenvalue weighted by Gasteiger charge is 2.31. The Kier molecular flexibility index (Phi) is 7.37. The first kappa shape index (κ1) is 20.3. The van der Waals surface area contributed by atoms with Gasteiger partial charge in [-0.2, -0.15) is 0 Å². The van der Waals surface area contributed by atoms with Crippen molar-refractivity contribution in [2.75, 3.05) is 12.4 Å². The van der Waals surface area contributed by atoms with Crippen molar-refractivity contribution >= 4 is 23.6 Å². The molecule has 28 heavy (non-hydrogen) atoms. The SMILES string of the molecule is CCOC(=O)CCSC1CCC(=O)N1Cc1ccc(Oc2ccccc2)cc1. The van der Waals surface area contributed by atoms with Crippen LogP contribution in [0.3, 0.4) is 0 Å². The third kappa shape index (κ3) is 5.76. The van der Waals surface area contributed by atoms with Crippen LogP contribution in [0.4, 0.5) is 0 Å². The number of hydrogen-bond donors (Lipinski definition) is 0. The number of carbonyl (C=O) groups excluding carboxylic acids is 2. The minimum Gasteiger partial charge on any atom is -0.466 e. The molecule has 1 fully saturated rings. The Morgan fingerprint density at radius 2 is 1.82 bits per heavy atom. The quantitative estimate of drug-likeness (QED) is 0.576.